The summed E-state index contributed by atoms with van der Waals surface area (Å²) in [5, 5.41) is 16.2. The fraction of sp³-hybridized carbons (Fsp3) is 0.727. The van der Waals surface area contributed by atoms with Crippen molar-refractivity contribution in [1.82, 2.24) is 20.1 Å². The topological polar surface area (TPSA) is 80.0 Å². The van der Waals surface area contributed by atoms with Crippen molar-refractivity contribution in [2.45, 2.75) is 45.2 Å². The van der Waals surface area contributed by atoms with Crippen molar-refractivity contribution < 1.29 is 9.90 Å². The molecule has 0 aliphatic rings. The zero-order chi connectivity index (χ0) is 12.9. The van der Waals surface area contributed by atoms with Crippen LogP contribution in [0.3, 0.4) is 0 Å². The second-order valence-electron chi connectivity index (χ2n) is 4.19. The number of rotatable bonds is 6. The highest BCUT2D eigenvalue weighted by atomic mass is 16.3. The lowest BCUT2D eigenvalue weighted by atomic mass is 9.93. The van der Waals surface area contributed by atoms with Crippen molar-refractivity contribution in [2.75, 3.05) is 6.61 Å². The number of hydrogen-bond donors (Lipinski definition) is 2. The van der Waals surface area contributed by atoms with Crippen LogP contribution in [0.25, 0.3) is 0 Å². The molecule has 0 bridgehead atoms. The highest BCUT2D eigenvalue weighted by molar-refractivity contribution is 5.80. The van der Waals surface area contributed by atoms with Gasteiger partial charge in [0.05, 0.1) is 12.1 Å². The number of carbonyl (C=O) groups excluding carboxylic acids is 1. The van der Waals surface area contributed by atoms with Gasteiger partial charge in [-0.1, -0.05) is 13.8 Å². The summed E-state index contributed by atoms with van der Waals surface area (Å²) in [5.74, 6) is -0.159. The fourth-order valence-corrected chi connectivity index (χ4v) is 1.59. The monoisotopic (exact) mass is 240 g/mol. The van der Waals surface area contributed by atoms with E-state index in [4.69, 9.17) is 0 Å². The van der Waals surface area contributed by atoms with E-state index >= 15 is 0 Å². The molecule has 0 saturated carbocycles. The lowest BCUT2D eigenvalue weighted by Gasteiger charge is -2.31. The third-order valence-electron chi connectivity index (χ3n) is 3.26. The first-order valence-electron chi connectivity index (χ1n) is 5.85. The van der Waals surface area contributed by atoms with Gasteiger partial charge in [0.25, 0.3) is 0 Å². The van der Waals surface area contributed by atoms with Gasteiger partial charge >= 0.3 is 0 Å². The van der Waals surface area contributed by atoms with Crippen LogP contribution in [0.1, 0.15) is 39.7 Å². The quantitative estimate of drug-likeness (QED) is 0.759. The summed E-state index contributed by atoms with van der Waals surface area (Å²) in [6.07, 6.45) is 4.27. The van der Waals surface area contributed by atoms with E-state index in [1.807, 2.05) is 13.8 Å². The lowest BCUT2D eigenvalue weighted by molar-refractivity contribution is -0.126. The normalized spacial score (nSPS) is 13.4. The zero-order valence-corrected chi connectivity index (χ0v) is 10.6. The average molecular weight is 240 g/mol. The van der Waals surface area contributed by atoms with Gasteiger partial charge in [-0.2, -0.15) is 5.10 Å². The van der Waals surface area contributed by atoms with Gasteiger partial charge in [-0.3, -0.25) is 4.79 Å². The molecular formula is C11H20N4O2. The molecular weight excluding hydrogens is 220 g/mol. The molecule has 1 amide bonds. The highest BCUT2D eigenvalue weighted by Crippen LogP contribution is 2.15. The molecule has 17 heavy (non-hydrogen) atoms. The summed E-state index contributed by atoms with van der Waals surface area (Å²) >= 11 is 0. The van der Waals surface area contributed by atoms with Gasteiger partial charge in [0.2, 0.25) is 5.91 Å². The van der Waals surface area contributed by atoms with Crippen LogP contribution in [0.4, 0.5) is 0 Å². The SMILES string of the molecule is CCC(CC)(CO)NC(=O)C(C)n1cncn1. The van der Waals surface area contributed by atoms with Crippen LogP contribution in [0.15, 0.2) is 12.7 Å². The van der Waals surface area contributed by atoms with Crippen LogP contribution >= 0.6 is 0 Å². The average Bonchev–Trinajstić information content (AvgIpc) is 2.88. The Hall–Kier alpha value is -1.43. The van der Waals surface area contributed by atoms with Crippen LogP contribution in [0.2, 0.25) is 0 Å². The molecule has 1 unspecified atom stereocenters. The Morgan fingerprint density at radius 3 is 2.59 bits per heavy atom. The summed E-state index contributed by atoms with van der Waals surface area (Å²) < 4.78 is 1.49. The number of nitrogens with zero attached hydrogens (tertiary/aromatic N) is 3. The predicted molar refractivity (Wildman–Crippen MR) is 63.3 cm³/mol. The number of aliphatic hydroxyl groups excluding tert-OH is 1. The molecule has 1 rings (SSSR count). The zero-order valence-electron chi connectivity index (χ0n) is 10.6. The Morgan fingerprint density at radius 1 is 1.53 bits per heavy atom. The number of aromatic nitrogens is 3. The summed E-state index contributed by atoms with van der Waals surface area (Å²) in [6, 6.07) is -0.429. The van der Waals surface area contributed by atoms with Gasteiger partial charge in [0.15, 0.2) is 0 Å². The Morgan fingerprint density at radius 2 is 2.18 bits per heavy atom. The van der Waals surface area contributed by atoms with Crippen LogP contribution in [-0.4, -0.2) is 37.9 Å². The highest BCUT2D eigenvalue weighted by Gasteiger charge is 2.29. The number of amides is 1. The van der Waals surface area contributed by atoms with Crippen molar-refractivity contribution in [1.29, 1.82) is 0 Å². The standard InChI is InChI=1S/C11H20N4O2/c1-4-11(5-2,6-16)14-10(17)9(3)15-8-12-7-13-15/h7-9,16H,4-6H2,1-3H3,(H,14,17). The third kappa shape index (κ3) is 3.03. The van der Waals surface area contributed by atoms with Crippen molar-refractivity contribution in [3.05, 3.63) is 12.7 Å². The van der Waals surface area contributed by atoms with E-state index < -0.39 is 11.6 Å². The van der Waals surface area contributed by atoms with E-state index in [9.17, 15) is 9.90 Å². The van der Waals surface area contributed by atoms with Crippen LogP contribution in [0, 0.1) is 0 Å². The summed E-state index contributed by atoms with van der Waals surface area (Å²) in [4.78, 5) is 15.8. The van der Waals surface area contributed by atoms with Crippen LogP contribution < -0.4 is 5.32 Å². The maximum Gasteiger partial charge on any atom is 0.245 e. The minimum atomic E-state index is -0.536. The minimum Gasteiger partial charge on any atom is -0.394 e. The van der Waals surface area contributed by atoms with Crippen molar-refractivity contribution in [3.63, 3.8) is 0 Å². The van der Waals surface area contributed by atoms with E-state index in [1.165, 1.54) is 17.3 Å². The first kappa shape index (κ1) is 13.6. The maximum atomic E-state index is 12.0. The molecule has 96 valence electrons. The Kier molecular flexibility index (Phi) is 4.62. The molecule has 0 spiro atoms. The smallest absolute Gasteiger partial charge is 0.245 e. The Bertz CT molecular complexity index is 338. The molecule has 1 aromatic rings. The van der Waals surface area contributed by atoms with E-state index in [-0.39, 0.29) is 12.5 Å². The number of nitrogens with one attached hydrogen (secondary N) is 1. The first-order valence-corrected chi connectivity index (χ1v) is 5.85. The Labute approximate surface area is 101 Å². The molecule has 0 aliphatic carbocycles. The second-order valence-corrected chi connectivity index (χ2v) is 4.19. The second kappa shape index (κ2) is 5.77. The van der Waals surface area contributed by atoms with E-state index in [2.05, 4.69) is 15.4 Å². The maximum absolute atomic E-state index is 12.0. The molecule has 1 heterocycles. The molecule has 1 atom stereocenters. The fourth-order valence-electron chi connectivity index (χ4n) is 1.59. The molecule has 6 heteroatoms. The van der Waals surface area contributed by atoms with Crippen molar-refractivity contribution in [2.24, 2.45) is 0 Å². The molecule has 0 fully saturated rings. The molecule has 0 saturated heterocycles. The lowest BCUT2D eigenvalue weighted by Crippen LogP contribution is -2.52. The number of carbonyl (C=O) groups is 1. The van der Waals surface area contributed by atoms with Crippen LogP contribution in [-0.2, 0) is 4.79 Å². The van der Waals surface area contributed by atoms with E-state index in [1.54, 1.807) is 6.92 Å². The summed E-state index contributed by atoms with van der Waals surface area (Å²) in [5.41, 5.74) is -0.536. The van der Waals surface area contributed by atoms with Gasteiger partial charge in [-0.15, -0.1) is 0 Å². The molecule has 6 nitrogen and oxygen atoms in total. The largest absolute Gasteiger partial charge is 0.394 e. The van der Waals surface area contributed by atoms with Gasteiger partial charge in [0.1, 0.15) is 18.7 Å². The summed E-state index contributed by atoms with van der Waals surface area (Å²) in [7, 11) is 0. The third-order valence-corrected chi connectivity index (χ3v) is 3.26. The number of aliphatic hydroxyl groups is 1. The van der Waals surface area contributed by atoms with E-state index in [0.29, 0.717) is 12.8 Å². The summed E-state index contributed by atoms with van der Waals surface area (Å²) in [6.45, 7) is 5.58. The molecule has 1 aromatic heterocycles. The molecule has 2 N–H and O–H groups in total. The Balaban J connectivity index is 2.71. The van der Waals surface area contributed by atoms with Gasteiger partial charge in [-0.05, 0) is 19.8 Å². The molecule has 0 aliphatic heterocycles. The van der Waals surface area contributed by atoms with E-state index in [0.717, 1.165) is 0 Å². The van der Waals surface area contributed by atoms with Crippen molar-refractivity contribution >= 4 is 5.91 Å². The predicted octanol–water partition coefficient (Wildman–Crippen LogP) is 0.506. The number of hydrogen-bond acceptors (Lipinski definition) is 4. The minimum absolute atomic E-state index is 0.0597. The van der Waals surface area contributed by atoms with Gasteiger partial charge in [0, 0.05) is 0 Å². The molecule has 0 radical (unpaired) electrons. The molecule has 0 aromatic carbocycles. The van der Waals surface area contributed by atoms with Gasteiger partial charge in [-0.25, -0.2) is 9.67 Å². The van der Waals surface area contributed by atoms with Crippen molar-refractivity contribution in [3.8, 4) is 0 Å². The first-order chi connectivity index (χ1) is 8.08. The van der Waals surface area contributed by atoms with Crippen LogP contribution in [0.5, 0.6) is 0 Å². The van der Waals surface area contributed by atoms with Gasteiger partial charge < -0.3 is 10.4 Å².